The lowest BCUT2D eigenvalue weighted by molar-refractivity contribution is 0.470. The second-order valence-electron chi connectivity index (χ2n) is 3.95. The lowest BCUT2D eigenvalue weighted by Gasteiger charge is -2.09. The number of nitrogens with two attached hydrogens (primary N) is 1. The van der Waals surface area contributed by atoms with Crippen LogP contribution in [0.2, 0.25) is 0 Å². The zero-order chi connectivity index (χ0) is 11.6. The van der Waals surface area contributed by atoms with Crippen LogP contribution in [0.15, 0.2) is 0 Å². The van der Waals surface area contributed by atoms with Crippen LogP contribution in [0.25, 0.3) is 0 Å². The Morgan fingerprint density at radius 3 is 2.40 bits per heavy atom. The van der Waals surface area contributed by atoms with E-state index in [1.165, 1.54) is 32.1 Å². The molecule has 0 aliphatic heterocycles. The molecule has 0 aliphatic carbocycles. The van der Waals surface area contributed by atoms with E-state index in [1.807, 2.05) is 0 Å². The number of rotatable bonds is 10. The summed E-state index contributed by atoms with van der Waals surface area (Å²) in [5, 5.41) is 2.97. The first kappa shape index (κ1) is 15.1. The van der Waals surface area contributed by atoms with E-state index in [9.17, 15) is 4.57 Å². The van der Waals surface area contributed by atoms with Crippen molar-refractivity contribution in [1.29, 1.82) is 0 Å². The fourth-order valence-electron chi connectivity index (χ4n) is 1.35. The normalized spacial score (nSPS) is 15.1. The fourth-order valence-corrected chi connectivity index (χ4v) is 1.99. The largest absolute Gasteiger partial charge is 0.343 e. The summed E-state index contributed by atoms with van der Waals surface area (Å²) in [7, 11) is -3.07. The quantitative estimate of drug-likeness (QED) is 0.401. The fraction of sp³-hybridized carbons (Fsp3) is 1.00. The SMILES string of the molecule is CCCCCCCCNCP(=O)(O)CN. The predicted molar refractivity (Wildman–Crippen MR) is 65.1 cm³/mol. The molecule has 1 unspecified atom stereocenters. The van der Waals surface area contributed by atoms with E-state index in [0.717, 1.165) is 13.0 Å². The highest BCUT2D eigenvalue weighted by molar-refractivity contribution is 7.57. The molecular formula is C10H25N2O2P. The van der Waals surface area contributed by atoms with Crippen molar-refractivity contribution >= 4 is 7.37 Å². The van der Waals surface area contributed by atoms with E-state index in [-0.39, 0.29) is 12.6 Å². The van der Waals surface area contributed by atoms with Gasteiger partial charge in [-0.1, -0.05) is 39.0 Å². The van der Waals surface area contributed by atoms with Gasteiger partial charge in [0.2, 0.25) is 7.37 Å². The molecular weight excluding hydrogens is 211 g/mol. The van der Waals surface area contributed by atoms with Crippen LogP contribution in [0.4, 0.5) is 0 Å². The van der Waals surface area contributed by atoms with E-state index in [2.05, 4.69) is 12.2 Å². The summed E-state index contributed by atoms with van der Waals surface area (Å²) in [5.74, 6) is 0. The first-order valence-electron chi connectivity index (χ1n) is 5.84. The maximum absolute atomic E-state index is 11.1. The Morgan fingerprint density at radius 2 is 1.80 bits per heavy atom. The zero-order valence-electron chi connectivity index (χ0n) is 9.74. The third-order valence-electron chi connectivity index (χ3n) is 2.35. The Labute approximate surface area is 93.1 Å². The Balaban J connectivity index is 3.15. The second kappa shape index (κ2) is 9.34. The van der Waals surface area contributed by atoms with Gasteiger partial charge in [0, 0.05) is 0 Å². The molecule has 15 heavy (non-hydrogen) atoms. The summed E-state index contributed by atoms with van der Waals surface area (Å²) in [4.78, 5) is 9.16. The van der Waals surface area contributed by atoms with Crippen molar-refractivity contribution in [2.24, 2.45) is 5.73 Å². The molecule has 0 spiro atoms. The van der Waals surface area contributed by atoms with Crippen LogP contribution < -0.4 is 11.1 Å². The van der Waals surface area contributed by atoms with E-state index >= 15 is 0 Å². The van der Waals surface area contributed by atoms with Crippen LogP contribution >= 0.6 is 7.37 Å². The molecule has 0 fully saturated rings. The van der Waals surface area contributed by atoms with Crippen molar-refractivity contribution in [3.8, 4) is 0 Å². The first-order valence-corrected chi connectivity index (χ1v) is 7.87. The van der Waals surface area contributed by atoms with E-state index in [0.29, 0.717) is 0 Å². The van der Waals surface area contributed by atoms with Gasteiger partial charge < -0.3 is 15.9 Å². The molecule has 0 aliphatic rings. The van der Waals surface area contributed by atoms with Gasteiger partial charge in [-0.05, 0) is 13.0 Å². The van der Waals surface area contributed by atoms with Crippen LogP contribution in [-0.2, 0) is 4.57 Å². The monoisotopic (exact) mass is 236 g/mol. The first-order chi connectivity index (χ1) is 7.12. The molecule has 0 heterocycles. The minimum absolute atomic E-state index is 0.128. The Bertz CT molecular complexity index is 188. The molecule has 5 heteroatoms. The summed E-state index contributed by atoms with van der Waals surface area (Å²) < 4.78 is 11.1. The summed E-state index contributed by atoms with van der Waals surface area (Å²) in [5.41, 5.74) is 5.15. The summed E-state index contributed by atoms with van der Waals surface area (Å²) in [6.07, 6.45) is 7.45. The van der Waals surface area contributed by atoms with Gasteiger partial charge in [0.05, 0.1) is 12.6 Å². The highest BCUT2D eigenvalue weighted by Gasteiger charge is 2.13. The molecule has 0 rings (SSSR count). The highest BCUT2D eigenvalue weighted by Crippen LogP contribution is 2.35. The third kappa shape index (κ3) is 10.4. The molecule has 0 bridgehead atoms. The van der Waals surface area contributed by atoms with Gasteiger partial charge in [-0.15, -0.1) is 0 Å². The predicted octanol–water partition coefficient (Wildman–Crippen LogP) is 2.08. The lowest BCUT2D eigenvalue weighted by atomic mass is 10.1. The summed E-state index contributed by atoms with van der Waals surface area (Å²) in [6, 6.07) is 0. The van der Waals surface area contributed by atoms with Gasteiger partial charge in [0.15, 0.2) is 0 Å². The van der Waals surface area contributed by atoms with Gasteiger partial charge in [-0.3, -0.25) is 4.57 Å². The van der Waals surface area contributed by atoms with E-state index in [1.54, 1.807) is 0 Å². The van der Waals surface area contributed by atoms with Gasteiger partial charge in [-0.2, -0.15) is 0 Å². The minimum atomic E-state index is -3.07. The number of hydrogen-bond donors (Lipinski definition) is 3. The van der Waals surface area contributed by atoms with Crippen LogP contribution in [0.1, 0.15) is 45.4 Å². The molecule has 0 aromatic heterocycles. The lowest BCUT2D eigenvalue weighted by Crippen LogP contribution is -2.19. The molecule has 0 saturated heterocycles. The molecule has 0 radical (unpaired) electrons. The van der Waals surface area contributed by atoms with Gasteiger partial charge in [-0.25, -0.2) is 0 Å². The zero-order valence-corrected chi connectivity index (χ0v) is 10.6. The summed E-state index contributed by atoms with van der Waals surface area (Å²) in [6.45, 7) is 3.02. The number of nitrogens with one attached hydrogen (secondary N) is 1. The average molecular weight is 236 g/mol. The molecule has 0 amide bonds. The van der Waals surface area contributed by atoms with Gasteiger partial charge in [0.25, 0.3) is 0 Å². The van der Waals surface area contributed by atoms with Gasteiger partial charge in [0.1, 0.15) is 0 Å². The third-order valence-corrected chi connectivity index (χ3v) is 3.64. The second-order valence-corrected chi connectivity index (χ2v) is 6.33. The van der Waals surface area contributed by atoms with Crippen molar-refractivity contribution in [3.05, 3.63) is 0 Å². The Kier molecular flexibility index (Phi) is 9.41. The molecule has 4 nitrogen and oxygen atoms in total. The smallest absolute Gasteiger partial charge is 0.227 e. The molecule has 0 aromatic rings. The van der Waals surface area contributed by atoms with Crippen LogP contribution in [0, 0.1) is 0 Å². The van der Waals surface area contributed by atoms with Crippen molar-refractivity contribution in [1.82, 2.24) is 5.32 Å². The van der Waals surface area contributed by atoms with Crippen molar-refractivity contribution in [2.75, 3.05) is 19.1 Å². The molecule has 4 N–H and O–H groups in total. The maximum atomic E-state index is 11.1. The molecule has 0 saturated carbocycles. The molecule has 0 aromatic carbocycles. The standard InChI is InChI=1S/C10H25N2O2P/c1-2-3-4-5-6-7-8-12-10-15(13,14)9-11/h12H,2-11H2,1H3,(H,13,14). The van der Waals surface area contributed by atoms with E-state index < -0.39 is 7.37 Å². The Morgan fingerprint density at radius 1 is 1.20 bits per heavy atom. The van der Waals surface area contributed by atoms with Crippen molar-refractivity contribution < 1.29 is 9.46 Å². The maximum Gasteiger partial charge on any atom is 0.227 e. The summed E-state index contributed by atoms with van der Waals surface area (Å²) >= 11 is 0. The van der Waals surface area contributed by atoms with Crippen LogP contribution in [-0.4, -0.2) is 24.0 Å². The number of hydrogen-bond acceptors (Lipinski definition) is 3. The highest BCUT2D eigenvalue weighted by atomic mass is 31.2. The Hall–Kier alpha value is 0.110. The van der Waals surface area contributed by atoms with Crippen LogP contribution in [0.3, 0.4) is 0 Å². The van der Waals surface area contributed by atoms with E-state index in [4.69, 9.17) is 10.6 Å². The van der Waals surface area contributed by atoms with Crippen molar-refractivity contribution in [2.45, 2.75) is 45.4 Å². The average Bonchev–Trinajstić information content (AvgIpc) is 2.22. The molecule has 1 atom stereocenters. The minimum Gasteiger partial charge on any atom is -0.343 e. The topological polar surface area (TPSA) is 75.3 Å². The van der Waals surface area contributed by atoms with Crippen molar-refractivity contribution in [3.63, 3.8) is 0 Å². The number of unbranched alkanes of at least 4 members (excludes halogenated alkanes) is 5. The van der Waals surface area contributed by atoms with Gasteiger partial charge >= 0.3 is 0 Å². The molecule has 92 valence electrons. The van der Waals surface area contributed by atoms with Crippen LogP contribution in [0.5, 0.6) is 0 Å².